The van der Waals surface area contributed by atoms with Crippen molar-refractivity contribution in [2.45, 2.75) is 13.8 Å². The lowest BCUT2D eigenvalue weighted by atomic mass is 10.3. The second-order valence-corrected chi connectivity index (χ2v) is 1.96. The molecule has 0 heteroatoms. The van der Waals surface area contributed by atoms with Gasteiger partial charge in [-0.05, 0) is 6.92 Å². The second kappa shape index (κ2) is 1.11. The summed E-state index contributed by atoms with van der Waals surface area (Å²) in [5.74, 6) is 1.74. The Hall–Kier alpha value is -0.260. The standard InChI is InChI=1S/C6H10/c1-3-6-4-5(6)2/h3-6H,1-2H3/q+2. The van der Waals surface area contributed by atoms with E-state index in [0.717, 1.165) is 11.8 Å². The fraction of sp³-hybridized carbons (Fsp3) is 0.667. The van der Waals surface area contributed by atoms with Gasteiger partial charge in [-0.2, -0.15) is 0 Å². The highest BCUT2D eigenvalue weighted by atomic mass is 14.3. The second-order valence-electron chi connectivity index (χ2n) is 1.96. The van der Waals surface area contributed by atoms with Gasteiger partial charge in [-0.1, -0.05) is 0 Å². The molecule has 6 heavy (non-hydrogen) atoms. The zero-order chi connectivity index (χ0) is 4.57. The van der Waals surface area contributed by atoms with Crippen molar-refractivity contribution in [3.05, 3.63) is 12.8 Å². The molecule has 0 radical (unpaired) electrons. The molecule has 1 fully saturated rings. The maximum atomic E-state index is 2.33. The van der Waals surface area contributed by atoms with Gasteiger partial charge in [-0.3, -0.25) is 0 Å². The Kier molecular flexibility index (Phi) is 0.722. The molecule has 0 amide bonds. The molecular weight excluding hydrogens is 72.1 g/mol. The van der Waals surface area contributed by atoms with Gasteiger partial charge >= 0.3 is 0 Å². The predicted molar refractivity (Wildman–Crippen MR) is 26.9 cm³/mol. The number of hydrogen-bond acceptors (Lipinski definition) is 0. The van der Waals surface area contributed by atoms with Gasteiger partial charge in [0.15, 0.2) is 5.92 Å². The molecule has 0 heterocycles. The van der Waals surface area contributed by atoms with Crippen LogP contribution in [-0.2, 0) is 0 Å². The monoisotopic (exact) mass is 82.1 g/mol. The van der Waals surface area contributed by atoms with Crippen LogP contribution in [0.15, 0.2) is 0 Å². The van der Waals surface area contributed by atoms with Gasteiger partial charge in [0.05, 0.1) is 6.92 Å². The predicted octanol–water partition coefficient (Wildman–Crippen LogP) is 1.68. The van der Waals surface area contributed by atoms with Gasteiger partial charge in [0, 0.05) is 0 Å². The van der Waals surface area contributed by atoms with E-state index in [1.807, 2.05) is 0 Å². The summed E-state index contributed by atoms with van der Waals surface area (Å²) in [6.07, 6.45) is 4.57. The Balaban J connectivity index is 2.09. The van der Waals surface area contributed by atoms with Gasteiger partial charge in [-0.15, -0.1) is 0 Å². The van der Waals surface area contributed by atoms with Crippen molar-refractivity contribution in [2.75, 3.05) is 0 Å². The van der Waals surface area contributed by atoms with Crippen LogP contribution in [0.3, 0.4) is 0 Å². The average molecular weight is 82.1 g/mol. The van der Waals surface area contributed by atoms with Crippen LogP contribution >= 0.6 is 0 Å². The van der Waals surface area contributed by atoms with E-state index in [1.54, 1.807) is 0 Å². The van der Waals surface area contributed by atoms with Crippen molar-refractivity contribution in [3.8, 4) is 0 Å². The van der Waals surface area contributed by atoms with Crippen molar-refractivity contribution in [2.24, 2.45) is 11.8 Å². The van der Waals surface area contributed by atoms with E-state index in [9.17, 15) is 0 Å². The van der Waals surface area contributed by atoms with Gasteiger partial charge in [0.2, 0.25) is 0 Å². The van der Waals surface area contributed by atoms with E-state index in [0.29, 0.717) is 0 Å². The summed E-state index contributed by atoms with van der Waals surface area (Å²) in [4.78, 5) is 0. The molecule has 0 aromatic heterocycles. The topological polar surface area (TPSA) is 0 Å². The minimum atomic E-state index is 0.852. The highest BCUT2D eigenvalue weighted by Gasteiger charge is 2.52. The van der Waals surface area contributed by atoms with Crippen LogP contribution < -0.4 is 0 Å². The van der Waals surface area contributed by atoms with Crippen molar-refractivity contribution < 1.29 is 0 Å². The minimum Gasteiger partial charge on any atom is -0.0119 e. The highest BCUT2D eigenvalue weighted by molar-refractivity contribution is 5.08. The van der Waals surface area contributed by atoms with E-state index < -0.39 is 0 Å². The Morgan fingerprint density at radius 2 is 2.17 bits per heavy atom. The maximum absolute atomic E-state index is 2.33. The van der Waals surface area contributed by atoms with Gasteiger partial charge in [-0.25, -0.2) is 0 Å². The lowest BCUT2D eigenvalue weighted by Gasteiger charge is -1.57. The highest BCUT2D eigenvalue weighted by Crippen LogP contribution is 2.37. The third-order valence-electron chi connectivity index (χ3n) is 1.38. The molecule has 1 rings (SSSR count). The summed E-state index contributed by atoms with van der Waals surface area (Å²) in [6, 6.07) is 0. The summed E-state index contributed by atoms with van der Waals surface area (Å²) >= 11 is 0. The summed E-state index contributed by atoms with van der Waals surface area (Å²) in [5, 5.41) is 0. The van der Waals surface area contributed by atoms with Crippen LogP contribution in [-0.4, -0.2) is 0 Å². The van der Waals surface area contributed by atoms with Crippen LogP contribution in [0.2, 0.25) is 0 Å². The van der Waals surface area contributed by atoms with E-state index in [1.165, 1.54) is 0 Å². The third-order valence-corrected chi connectivity index (χ3v) is 1.38. The zero-order valence-corrected chi connectivity index (χ0v) is 4.31. The maximum Gasteiger partial charge on any atom is 0.269 e. The number of rotatable bonds is 1. The Labute approximate surface area is 39.6 Å². The molecule has 0 spiro atoms. The smallest absolute Gasteiger partial charge is 0.0119 e. The van der Waals surface area contributed by atoms with Crippen LogP contribution in [0.25, 0.3) is 0 Å². The summed E-state index contributed by atoms with van der Waals surface area (Å²) < 4.78 is 0. The summed E-state index contributed by atoms with van der Waals surface area (Å²) in [5.41, 5.74) is 0. The zero-order valence-electron chi connectivity index (χ0n) is 4.31. The Bertz CT molecular complexity index is 46.0. The molecule has 1 saturated carbocycles. The molecule has 0 aliphatic heterocycles. The van der Waals surface area contributed by atoms with Crippen molar-refractivity contribution in [1.82, 2.24) is 0 Å². The van der Waals surface area contributed by atoms with E-state index in [-0.39, 0.29) is 0 Å². The molecule has 2 atom stereocenters. The first kappa shape index (κ1) is 3.91. The van der Waals surface area contributed by atoms with E-state index in [4.69, 9.17) is 0 Å². The normalized spacial score (nSPS) is 41.0. The van der Waals surface area contributed by atoms with E-state index >= 15 is 0 Å². The first-order valence-electron chi connectivity index (χ1n) is 2.49. The first-order chi connectivity index (χ1) is 2.84. The molecule has 0 nitrogen and oxygen atoms in total. The van der Waals surface area contributed by atoms with Crippen molar-refractivity contribution in [1.29, 1.82) is 0 Å². The molecule has 0 aromatic rings. The van der Waals surface area contributed by atoms with Crippen LogP contribution in [0.4, 0.5) is 0 Å². The largest absolute Gasteiger partial charge is 0.269 e. The Morgan fingerprint density at radius 1 is 1.67 bits per heavy atom. The molecule has 1 aliphatic rings. The summed E-state index contributed by atoms with van der Waals surface area (Å²) in [7, 11) is 0. The Morgan fingerprint density at radius 3 is 2.17 bits per heavy atom. The molecule has 2 unspecified atom stereocenters. The molecule has 1 aliphatic carbocycles. The van der Waals surface area contributed by atoms with Gasteiger partial charge in [0.25, 0.3) is 5.92 Å². The molecule has 0 aromatic carbocycles. The molecule has 0 saturated heterocycles. The lowest BCUT2D eigenvalue weighted by Crippen LogP contribution is -1.70. The molecule has 0 N–H and O–H groups in total. The van der Waals surface area contributed by atoms with Crippen LogP contribution in [0, 0.1) is 24.7 Å². The number of hydrogen-bond donors (Lipinski definition) is 0. The molecule has 32 valence electrons. The molecule has 0 bridgehead atoms. The van der Waals surface area contributed by atoms with Crippen LogP contribution in [0.1, 0.15) is 13.8 Å². The first-order valence-corrected chi connectivity index (χ1v) is 2.49. The van der Waals surface area contributed by atoms with E-state index in [2.05, 4.69) is 26.7 Å². The van der Waals surface area contributed by atoms with Crippen molar-refractivity contribution in [3.63, 3.8) is 0 Å². The minimum absolute atomic E-state index is 0.852. The average Bonchev–Trinajstić information content (AvgIpc) is 2.19. The third kappa shape index (κ3) is 0.469. The fourth-order valence-electron chi connectivity index (χ4n) is 0.701. The lowest BCUT2D eigenvalue weighted by molar-refractivity contribution is 0.851. The van der Waals surface area contributed by atoms with Crippen LogP contribution in [0.5, 0.6) is 0 Å². The summed E-state index contributed by atoms with van der Waals surface area (Å²) in [6.45, 7) is 4.36. The SMILES string of the molecule is C[CH+]C1[CH+]C1C. The quantitative estimate of drug-likeness (QED) is 0.422. The van der Waals surface area contributed by atoms with Gasteiger partial charge in [0.1, 0.15) is 12.8 Å². The van der Waals surface area contributed by atoms with Gasteiger partial charge < -0.3 is 0 Å². The molecular formula is C6H10+2. The van der Waals surface area contributed by atoms with Crippen molar-refractivity contribution >= 4 is 0 Å². The fourth-order valence-corrected chi connectivity index (χ4v) is 0.701.